The van der Waals surface area contributed by atoms with E-state index in [1.165, 1.54) is 17.4 Å². The molecule has 0 radical (unpaired) electrons. The van der Waals surface area contributed by atoms with Gasteiger partial charge in [0.1, 0.15) is 5.75 Å². The van der Waals surface area contributed by atoms with Gasteiger partial charge in [-0.25, -0.2) is 12.7 Å². The van der Waals surface area contributed by atoms with Crippen molar-refractivity contribution in [3.63, 3.8) is 0 Å². The summed E-state index contributed by atoms with van der Waals surface area (Å²) in [6, 6.07) is 6.64. The van der Waals surface area contributed by atoms with E-state index in [1.807, 2.05) is 0 Å². The van der Waals surface area contributed by atoms with E-state index in [1.54, 1.807) is 18.2 Å². The smallest absolute Gasteiger partial charge is 0.215 e. The molecule has 0 fully saturated rings. The lowest BCUT2D eigenvalue weighted by atomic mass is 10.2. The topological polar surface area (TPSA) is 57.6 Å². The second kappa shape index (κ2) is 5.52. The molecule has 0 unspecified atom stereocenters. The summed E-state index contributed by atoms with van der Waals surface area (Å²) in [6.45, 7) is 0.145. The van der Waals surface area contributed by atoms with Crippen molar-refractivity contribution in [2.24, 2.45) is 0 Å². The lowest BCUT2D eigenvalue weighted by molar-refractivity contribution is 0.436. The molecule has 6 heteroatoms. The van der Waals surface area contributed by atoms with Crippen molar-refractivity contribution in [1.82, 2.24) is 4.31 Å². The molecule has 90 valence electrons. The highest BCUT2D eigenvalue weighted by atomic mass is 35.5. The van der Waals surface area contributed by atoms with E-state index in [2.05, 4.69) is 0 Å². The van der Waals surface area contributed by atoms with Crippen LogP contribution in [0, 0.1) is 0 Å². The van der Waals surface area contributed by atoms with Crippen molar-refractivity contribution in [3.05, 3.63) is 29.8 Å². The molecule has 0 aliphatic carbocycles. The second-order valence-electron chi connectivity index (χ2n) is 3.39. The molecule has 16 heavy (non-hydrogen) atoms. The van der Waals surface area contributed by atoms with E-state index >= 15 is 0 Å². The summed E-state index contributed by atoms with van der Waals surface area (Å²) in [7, 11) is -1.87. The summed E-state index contributed by atoms with van der Waals surface area (Å²) in [5.41, 5.74) is 0.572. The third kappa shape index (κ3) is 3.37. The molecule has 0 aromatic heterocycles. The fraction of sp³-hybridized carbons (Fsp3) is 0.400. The molecular weight excluding hydrogens is 250 g/mol. The SMILES string of the molecule is CN(Cc1ccccc1O)S(=O)(=O)CCCl. The highest BCUT2D eigenvalue weighted by Crippen LogP contribution is 2.18. The number of phenolic OH excluding ortho intramolecular Hbond substituents is 1. The highest BCUT2D eigenvalue weighted by molar-refractivity contribution is 7.89. The number of halogens is 1. The number of alkyl halides is 1. The molecule has 0 saturated heterocycles. The molecule has 0 spiro atoms. The maximum atomic E-state index is 11.6. The summed E-state index contributed by atoms with van der Waals surface area (Å²) in [6.07, 6.45) is 0. The van der Waals surface area contributed by atoms with Gasteiger partial charge in [0.15, 0.2) is 0 Å². The number of benzene rings is 1. The Balaban J connectivity index is 2.79. The van der Waals surface area contributed by atoms with Gasteiger partial charge in [0.05, 0.1) is 5.75 Å². The number of sulfonamides is 1. The minimum Gasteiger partial charge on any atom is -0.508 e. The quantitative estimate of drug-likeness (QED) is 0.817. The minimum atomic E-state index is -3.34. The van der Waals surface area contributed by atoms with E-state index in [4.69, 9.17) is 11.6 Å². The Morgan fingerprint density at radius 2 is 2.00 bits per heavy atom. The van der Waals surface area contributed by atoms with Gasteiger partial charge < -0.3 is 5.11 Å². The van der Waals surface area contributed by atoms with Crippen molar-refractivity contribution < 1.29 is 13.5 Å². The predicted molar refractivity (Wildman–Crippen MR) is 64.1 cm³/mol. The second-order valence-corrected chi connectivity index (χ2v) is 5.96. The summed E-state index contributed by atoms with van der Waals surface area (Å²) in [4.78, 5) is 0. The van der Waals surface area contributed by atoms with Crippen molar-refractivity contribution in [2.45, 2.75) is 6.54 Å². The van der Waals surface area contributed by atoms with E-state index in [9.17, 15) is 13.5 Å². The number of hydrogen-bond donors (Lipinski definition) is 1. The Bertz CT molecular complexity index is 447. The average molecular weight is 264 g/mol. The van der Waals surface area contributed by atoms with E-state index in [0.717, 1.165) is 0 Å². The van der Waals surface area contributed by atoms with Crippen LogP contribution in [0.4, 0.5) is 0 Å². The molecule has 1 rings (SSSR count). The van der Waals surface area contributed by atoms with Crippen LogP contribution in [0.15, 0.2) is 24.3 Å². The van der Waals surface area contributed by atoms with Crippen LogP contribution in [-0.4, -0.2) is 36.5 Å². The first-order chi connectivity index (χ1) is 7.47. The van der Waals surface area contributed by atoms with Gasteiger partial charge >= 0.3 is 0 Å². The van der Waals surface area contributed by atoms with Gasteiger partial charge in [0.25, 0.3) is 0 Å². The van der Waals surface area contributed by atoms with Crippen LogP contribution in [0.5, 0.6) is 5.75 Å². The minimum absolute atomic E-state index is 0.0629. The first-order valence-corrected chi connectivity index (χ1v) is 6.88. The number of nitrogens with zero attached hydrogens (tertiary/aromatic N) is 1. The third-order valence-corrected chi connectivity index (χ3v) is 4.41. The molecule has 0 saturated carbocycles. The fourth-order valence-electron chi connectivity index (χ4n) is 1.24. The molecule has 0 heterocycles. The molecule has 4 nitrogen and oxygen atoms in total. The number of phenols is 1. The molecule has 1 N–H and O–H groups in total. The number of para-hydroxylation sites is 1. The van der Waals surface area contributed by atoms with E-state index in [0.29, 0.717) is 5.56 Å². The summed E-state index contributed by atoms with van der Waals surface area (Å²) < 4.78 is 24.4. The van der Waals surface area contributed by atoms with Crippen LogP contribution in [0.25, 0.3) is 0 Å². The first-order valence-electron chi connectivity index (χ1n) is 4.74. The first kappa shape index (κ1) is 13.3. The molecule has 0 aliphatic heterocycles. The Morgan fingerprint density at radius 1 is 1.38 bits per heavy atom. The lowest BCUT2D eigenvalue weighted by Gasteiger charge is -2.16. The van der Waals surface area contributed by atoms with Crippen LogP contribution < -0.4 is 0 Å². The van der Waals surface area contributed by atoms with Crippen LogP contribution in [0.2, 0.25) is 0 Å². The Kier molecular flexibility index (Phi) is 4.58. The summed E-state index contributed by atoms with van der Waals surface area (Å²) >= 11 is 5.41. The number of hydrogen-bond acceptors (Lipinski definition) is 3. The zero-order chi connectivity index (χ0) is 12.2. The third-order valence-electron chi connectivity index (χ3n) is 2.19. The van der Waals surface area contributed by atoms with Crippen LogP contribution in [-0.2, 0) is 16.6 Å². The van der Waals surface area contributed by atoms with Gasteiger partial charge in [-0.3, -0.25) is 0 Å². The lowest BCUT2D eigenvalue weighted by Crippen LogP contribution is -2.29. The fourth-order valence-corrected chi connectivity index (χ4v) is 2.66. The summed E-state index contributed by atoms with van der Waals surface area (Å²) in [5, 5.41) is 9.51. The van der Waals surface area contributed by atoms with Crippen LogP contribution >= 0.6 is 11.6 Å². The van der Waals surface area contributed by atoms with Gasteiger partial charge in [-0.1, -0.05) is 18.2 Å². The van der Waals surface area contributed by atoms with E-state index < -0.39 is 10.0 Å². The monoisotopic (exact) mass is 263 g/mol. The normalized spacial score (nSPS) is 11.9. The molecule has 0 aliphatic rings. The Labute approximate surface area is 101 Å². The largest absolute Gasteiger partial charge is 0.508 e. The highest BCUT2D eigenvalue weighted by Gasteiger charge is 2.18. The van der Waals surface area contributed by atoms with Gasteiger partial charge in [0, 0.05) is 25.0 Å². The van der Waals surface area contributed by atoms with Crippen LogP contribution in [0.1, 0.15) is 5.56 Å². The van der Waals surface area contributed by atoms with Crippen molar-refractivity contribution in [2.75, 3.05) is 18.7 Å². The zero-order valence-corrected chi connectivity index (χ0v) is 10.5. The number of rotatable bonds is 5. The maximum absolute atomic E-state index is 11.6. The molecular formula is C10H14ClNO3S. The van der Waals surface area contributed by atoms with Gasteiger partial charge in [0.2, 0.25) is 10.0 Å². The van der Waals surface area contributed by atoms with E-state index in [-0.39, 0.29) is 23.9 Å². The van der Waals surface area contributed by atoms with Crippen molar-refractivity contribution in [1.29, 1.82) is 0 Å². The predicted octanol–water partition coefficient (Wildman–Crippen LogP) is 1.39. The molecule has 0 amide bonds. The molecule has 0 bridgehead atoms. The van der Waals surface area contributed by atoms with Gasteiger partial charge in [-0.2, -0.15) is 0 Å². The van der Waals surface area contributed by atoms with Gasteiger partial charge in [-0.15, -0.1) is 11.6 Å². The van der Waals surface area contributed by atoms with Gasteiger partial charge in [-0.05, 0) is 6.07 Å². The average Bonchev–Trinajstić information content (AvgIpc) is 2.21. The van der Waals surface area contributed by atoms with Crippen molar-refractivity contribution in [3.8, 4) is 5.75 Å². The van der Waals surface area contributed by atoms with Crippen LogP contribution in [0.3, 0.4) is 0 Å². The molecule has 1 aromatic carbocycles. The Hall–Kier alpha value is -0.780. The molecule has 0 atom stereocenters. The standard InChI is InChI=1S/C10H14ClNO3S/c1-12(16(14,15)7-6-11)8-9-4-2-3-5-10(9)13/h2-5,13H,6-8H2,1H3. The zero-order valence-electron chi connectivity index (χ0n) is 8.93. The Morgan fingerprint density at radius 3 is 2.56 bits per heavy atom. The number of aromatic hydroxyl groups is 1. The molecule has 1 aromatic rings. The van der Waals surface area contributed by atoms with Crippen molar-refractivity contribution >= 4 is 21.6 Å². The maximum Gasteiger partial charge on any atom is 0.215 e. The summed E-state index contributed by atoms with van der Waals surface area (Å²) in [5.74, 6) is 0.0574.